The largest absolute Gasteiger partial charge is 0.460 e. The van der Waals surface area contributed by atoms with E-state index >= 15 is 0 Å². The van der Waals surface area contributed by atoms with Crippen LogP contribution in [-0.4, -0.2) is 5.78 Å². The first kappa shape index (κ1) is 11.8. The lowest BCUT2D eigenvalue weighted by Crippen LogP contribution is -1.99. The summed E-state index contributed by atoms with van der Waals surface area (Å²) in [7, 11) is 0. The van der Waals surface area contributed by atoms with Gasteiger partial charge in [-0.25, -0.2) is 0 Å². The van der Waals surface area contributed by atoms with Gasteiger partial charge in [-0.2, -0.15) is 0 Å². The van der Waals surface area contributed by atoms with Crippen LogP contribution < -0.4 is 5.73 Å². The number of fused-ring (bicyclic) bond motifs is 1. The monoisotopic (exact) mass is 307 g/mol. The summed E-state index contributed by atoms with van der Waals surface area (Å²) in [5.41, 5.74) is 7.96. The molecule has 94 valence electrons. The fourth-order valence-corrected chi connectivity index (χ4v) is 2.59. The van der Waals surface area contributed by atoms with Gasteiger partial charge in [0.25, 0.3) is 0 Å². The smallest absolute Gasteiger partial charge is 0.166 e. The predicted octanol–water partition coefficient (Wildman–Crippen LogP) is 4.25. The van der Waals surface area contributed by atoms with Crippen LogP contribution in [-0.2, 0) is 0 Å². The van der Waals surface area contributed by atoms with E-state index in [1.165, 1.54) is 0 Å². The highest BCUT2D eigenvalue weighted by Gasteiger charge is 2.33. The zero-order valence-corrected chi connectivity index (χ0v) is 11.7. The molecule has 1 saturated carbocycles. The number of nitrogen functional groups attached to an aromatic ring is 1. The highest BCUT2D eigenvalue weighted by atomic mass is 79.9. The Kier molecular flexibility index (Phi) is 2.70. The number of hydrogen-bond donors (Lipinski definition) is 1. The summed E-state index contributed by atoms with van der Waals surface area (Å²) in [5.74, 6) is 1.42. The minimum absolute atomic E-state index is 0.146. The molecule has 0 bridgehead atoms. The van der Waals surface area contributed by atoms with E-state index in [0.29, 0.717) is 18.0 Å². The second kappa shape index (κ2) is 4.12. The Labute approximate surface area is 113 Å². The zero-order valence-electron chi connectivity index (χ0n) is 10.1. The van der Waals surface area contributed by atoms with E-state index in [0.717, 1.165) is 39.6 Å². The summed E-state index contributed by atoms with van der Waals surface area (Å²) in [6, 6.07) is 3.68. The summed E-state index contributed by atoms with van der Waals surface area (Å²) in [4.78, 5) is 12.1. The fraction of sp³-hybridized carbons (Fsp3) is 0.357. The maximum atomic E-state index is 12.1. The molecule has 4 heteroatoms. The molecule has 0 radical (unpaired) electrons. The number of rotatable bonds is 3. The third-order valence-corrected chi connectivity index (χ3v) is 4.07. The van der Waals surface area contributed by atoms with Gasteiger partial charge in [0.05, 0.1) is 5.56 Å². The predicted molar refractivity (Wildman–Crippen MR) is 74.9 cm³/mol. The molecule has 2 aromatic rings. The summed E-state index contributed by atoms with van der Waals surface area (Å²) in [6.45, 7) is 1.88. The van der Waals surface area contributed by atoms with Gasteiger partial charge in [-0.1, -0.05) is 6.92 Å². The first-order chi connectivity index (χ1) is 8.61. The van der Waals surface area contributed by atoms with Crippen molar-refractivity contribution in [1.82, 2.24) is 0 Å². The normalized spacial score (nSPS) is 15.2. The lowest BCUT2D eigenvalue weighted by atomic mass is 10.0. The first-order valence-corrected chi connectivity index (χ1v) is 6.95. The van der Waals surface area contributed by atoms with Crippen molar-refractivity contribution in [2.24, 2.45) is 0 Å². The van der Waals surface area contributed by atoms with E-state index in [1.807, 2.05) is 13.0 Å². The molecule has 0 aliphatic heterocycles. The highest BCUT2D eigenvalue weighted by molar-refractivity contribution is 9.10. The number of carbonyl (C=O) groups excluding carboxylic acids is 1. The molecule has 2 N–H and O–H groups in total. The molecule has 0 atom stereocenters. The van der Waals surface area contributed by atoms with Crippen LogP contribution in [0.5, 0.6) is 0 Å². The summed E-state index contributed by atoms with van der Waals surface area (Å²) in [6.07, 6.45) is 2.72. The van der Waals surface area contributed by atoms with Crippen LogP contribution in [0.1, 0.15) is 48.2 Å². The average molecular weight is 308 g/mol. The van der Waals surface area contributed by atoms with Crippen molar-refractivity contribution in [1.29, 1.82) is 0 Å². The van der Waals surface area contributed by atoms with E-state index < -0.39 is 0 Å². The highest BCUT2D eigenvalue weighted by Crippen LogP contribution is 2.46. The third-order valence-electron chi connectivity index (χ3n) is 3.38. The molecule has 3 nitrogen and oxygen atoms in total. The molecule has 1 heterocycles. The van der Waals surface area contributed by atoms with Gasteiger partial charge in [-0.3, -0.25) is 4.79 Å². The molecule has 0 spiro atoms. The SMILES string of the molecule is CCC(=O)c1c(C2CC2)oc2cc(N)c(Br)cc12. The van der Waals surface area contributed by atoms with Crippen LogP contribution in [0.15, 0.2) is 21.0 Å². The molecule has 1 aliphatic carbocycles. The van der Waals surface area contributed by atoms with E-state index in [9.17, 15) is 4.79 Å². The molecule has 1 aromatic carbocycles. The van der Waals surface area contributed by atoms with Crippen molar-refractivity contribution in [3.8, 4) is 0 Å². The van der Waals surface area contributed by atoms with E-state index in [4.69, 9.17) is 10.2 Å². The molecular formula is C14H14BrNO2. The maximum Gasteiger partial charge on any atom is 0.166 e. The molecule has 1 aromatic heterocycles. The van der Waals surface area contributed by atoms with E-state index in [1.54, 1.807) is 6.07 Å². The zero-order chi connectivity index (χ0) is 12.9. The van der Waals surface area contributed by atoms with Crippen molar-refractivity contribution < 1.29 is 9.21 Å². The molecule has 1 aliphatic rings. The molecule has 0 amide bonds. The fourth-order valence-electron chi connectivity index (χ4n) is 2.25. The van der Waals surface area contributed by atoms with Crippen molar-refractivity contribution in [2.45, 2.75) is 32.1 Å². The molecule has 1 fully saturated rings. The summed E-state index contributed by atoms with van der Waals surface area (Å²) >= 11 is 3.41. The van der Waals surface area contributed by atoms with E-state index in [-0.39, 0.29) is 5.78 Å². The molecule has 18 heavy (non-hydrogen) atoms. The minimum atomic E-state index is 0.146. The Morgan fingerprint density at radius 1 is 1.50 bits per heavy atom. The van der Waals surface area contributed by atoms with Crippen molar-refractivity contribution in [3.63, 3.8) is 0 Å². The molecule has 3 rings (SSSR count). The number of halogens is 1. The van der Waals surface area contributed by atoms with Crippen LogP contribution in [0, 0.1) is 0 Å². The number of ketones is 1. The number of hydrogen-bond acceptors (Lipinski definition) is 3. The molecular weight excluding hydrogens is 294 g/mol. The van der Waals surface area contributed by atoms with Crippen LogP contribution in [0.25, 0.3) is 11.0 Å². The van der Waals surface area contributed by atoms with Gasteiger partial charge in [-0.05, 0) is 34.8 Å². The van der Waals surface area contributed by atoms with Crippen molar-refractivity contribution in [3.05, 3.63) is 27.9 Å². The Hall–Kier alpha value is -1.29. The molecule has 0 unspecified atom stereocenters. The van der Waals surface area contributed by atoms with Crippen molar-refractivity contribution >= 4 is 38.4 Å². The van der Waals surface area contributed by atoms with Gasteiger partial charge < -0.3 is 10.2 Å². The maximum absolute atomic E-state index is 12.1. The summed E-state index contributed by atoms with van der Waals surface area (Å²) in [5, 5.41) is 0.879. The van der Waals surface area contributed by atoms with Crippen LogP contribution in [0.4, 0.5) is 5.69 Å². The summed E-state index contributed by atoms with van der Waals surface area (Å²) < 4.78 is 6.67. The quantitative estimate of drug-likeness (QED) is 0.681. The van der Waals surface area contributed by atoms with Crippen molar-refractivity contribution in [2.75, 3.05) is 5.73 Å². The number of furan rings is 1. The number of benzene rings is 1. The van der Waals surface area contributed by atoms with Gasteiger partial charge in [0.1, 0.15) is 11.3 Å². The number of nitrogens with two attached hydrogens (primary N) is 1. The number of carbonyl (C=O) groups is 1. The minimum Gasteiger partial charge on any atom is -0.460 e. The Balaban J connectivity index is 2.30. The van der Waals surface area contributed by atoms with Crippen LogP contribution in [0.3, 0.4) is 0 Å². The Bertz CT molecular complexity index is 641. The first-order valence-electron chi connectivity index (χ1n) is 6.16. The van der Waals surface area contributed by atoms with Gasteiger partial charge in [-0.15, -0.1) is 0 Å². The van der Waals surface area contributed by atoms with Gasteiger partial charge in [0, 0.05) is 34.0 Å². The number of Topliss-reactive ketones (excluding diaryl/α,β-unsaturated/α-hetero) is 1. The Morgan fingerprint density at radius 3 is 2.83 bits per heavy atom. The lowest BCUT2D eigenvalue weighted by Gasteiger charge is -2.00. The van der Waals surface area contributed by atoms with Crippen LogP contribution in [0.2, 0.25) is 0 Å². The van der Waals surface area contributed by atoms with Gasteiger partial charge in [0.15, 0.2) is 5.78 Å². The third kappa shape index (κ3) is 1.75. The topological polar surface area (TPSA) is 56.2 Å². The molecule has 0 saturated heterocycles. The van der Waals surface area contributed by atoms with Crippen LogP contribution >= 0.6 is 15.9 Å². The van der Waals surface area contributed by atoms with Gasteiger partial charge in [0.2, 0.25) is 0 Å². The number of anilines is 1. The average Bonchev–Trinajstić information content (AvgIpc) is 3.13. The second-order valence-corrected chi connectivity index (χ2v) is 5.62. The Morgan fingerprint density at radius 2 is 2.22 bits per heavy atom. The second-order valence-electron chi connectivity index (χ2n) is 4.76. The standard InChI is InChI=1S/C14H14BrNO2/c1-2-11(17)13-8-5-9(15)10(16)6-12(8)18-14(13)7-3-4-7/h5-7H,2-4,16H2,1H3. The lowest BCUT2D eigenvalue weighted by molar-refractivity contribution is 0.0987. The van der Waals surface area contributed by atoms with Gasteiger partial charge >= 0.3 is 0 Å². The van der Waals surface area contributed by atoms with E-state index in [2.05, 4.69) is 15.9 Å².